The molecule has 0 heterocycles. The van der Waals surface area contributed by atoms with Crippen molar-refractivity contribution in [2.24, 2.45) is 22.4 Å². The Morgan fingerprint density at radius 2 is 2.04 bits per heavy atom. The molecule has 1 aromatic rings. The van der Waals surface area contributed by atoms with E-state index in [0.29, 0.717) is 23.5 Å². The zero-order chi connectivity index (χ0) is 16.2. The number of aromatic hydroxyl groups is 1. The van der Waals surface area contributed by atoms with Gasteiger partial charge in [-0.05, 0) is 79.5 Å². The Morgan fingerprint density at radius 1 is 1.22 bits per heavy atom. The van der Waals surface area contributed by atoms with E-state index in [2.05, 4.69) is 18.1 Å². The summed E-state index contributed by atoms with van der Waals surface area (Å²) in [5.41, 5.74) is 3.73. The zero-order valence-corrected chi connectivity index (χ0v) is 13.9. The standard InChI is InChI=1S/C19H25NO3/c1-19-8-7-12-13(15(19)5-6-18(19)20-22)4-3-11-9-16(21)17(23-2)10-14(11)12/h9-10,12-13,15,21-22H,3-8H2,1-2H3/t12-,13+,15-,19-/m0/s1. The van der Waals surface area contributed by atoms with Crippen LogP contribution in [0.15, 0.2) is 17.3 Å². The van der Waals surface area contributed by atoms with Gasteiger partial charge in [0.15, 0.2) is 11.5 Å². The summed E-state index contributed by atoms with van der Waals surface area (Å²) in [5, 5.41) is 23.0. The van der Waals surface area contributed by atoms with Gasteiger partial charge in [0.2, 0.25) is 0 Å². The van der Waals surface area contributed by atoms with Gasteiger partial charge < -0.3 is 15.1 Å². The topological polar surface area (TPSA) is 62.0 Å². The van der Waals surface area contributed by atoms with E-state index in [4.69, 9.17) is 4.74 Å². The molecular weight excluding hydrogens is 290 g/mol. The molecule has 4 rings (SSSR count). The van der Waals surface area contributed by atoms with Gasteiger partial charge >= 0.3 is 0 Å². The van der Waals surface area contributed by atoms with Crippen LogP contribution in [0.25, 0.3) is 0 Å². The summed E-state index contributed by atoms with van der Waals surface area (Å²) in [6.45, 7) is 2.29. The summed E-state index contributed by atoms with van der Waals surface area (Å²) >= 11 is 0. The molecule has 0 aromatic heterocycles. The molecule has 0 bridgehead atoms. The minimum absolute atomic E-state index is 0.0778. The van der Waals surface area contributed by atoms with Crippen LogP contribution in [-0.2, 0) is 6.42 Å². The minimum Gasteiger partial charge on any atom is -0.504 e. The molecule has 4 nitrogen and oxygen atoms in total. The van der Waals surface area contributed by atoms with Crippen molar-refractivity contribution in [1.82, 2.24) is 0 Å². The quantitative estimate of drug-likeness (QED) is 0.606. The largest absolute Gasteiger partial charge is 0.504 e. The molecule has 23 heavy (non-hydrogen) atoms. The lowest BCUT2D eigenvalue weighted by Gasteiger charge is -2.49. The van der Waals surface area contributed by atoms with Crippen molar-refractivity contribution in [3.05, 3.63) is 23.3 Å². The van der Waals surface area contributed by atoms with E-state index in [1.165, 1.54) is 17.5 Å². The highest BCUT2D eigenvalue weighted by Gasteiger charge is 2.53. The fourth-order valence-corrected chi connectivity index (χ4v) is 5.70. The van der Waals surface area contributed by atoms with Gasteiger partial charge in [0, 0.05) is 5.41 Å². The average molecular weight is 315 g/mol. The molecular formula is C19H25NO3. The SMILES string of the molecule is COc1cc2c(cc1O)CC[C@@H]1[C@@H]2CC[C@]2(C)C(=NO)CC[C@@H]12. The average Bonchev–Trinajstić information content (AvgIpc) is 2.90. The maximum Gasteiger partial charge on any atom is 0.160 e. The van der Waals surface area contributed by atoms with Gasteiger partial charge in [0.25, 0.3) is 0 Å². The van der Waals surface area contributed by atoms with Crippen LogP contribution in [0, 0.1) is 17.3 Å². The molecule has 0 amide bonds. The summed E-state index contributed by atoms with van der Waals surface area (Å²) in [6, 6.07) is 3.95. The molecule has 0 spiro atoms. The van der Waals surface area contributed by atoms with E-state index in [9.17, 15) is 10.3 Å². The molecule has 3 aliphatic rings. The van der Waals surface area contributed by atoms with E-state index in [0.717, 1.165) is 37.8 Å². The van der Waals surface area contributed by atoms with Crippen LogP contribution in [-0.4, -0.2) is 23.1 Å². The Bertz CT molecular complexity index is 669. The normalized spacial score (nSPS) is 37.1. The van der Waals surface area contributed by atoms with E-state index in [1.54, 1.807) is 7.11 Å². The third-order valence-corrected chi connectivity index (χ3v) is 6.89. The smallest absolute Gasteiger partial charge is 0.160 e. The zero-order valence-electron chi connectivity index (χ0n) is 13.9. The number of hydrogen-bond donors (Lipinski definition) is 2. The van der Waals surface area contributed by atoms with Crippen molar-refractivity contribution in [3.8, 4) is 11.5 Å². The molecule has 0 saturated heterocycles. The molecule has 124 valence electrons. The van der Waals surface area contributed by atoms with Gasteiger partial charge in [-0.25, -0.2) is 0 Å². The van der Waals surface area contributed by atoms with Gasteiger partial charge in [0.1, 0.15) is 0 Å². The van der Waals surface area contributed by atoms with E-state index in [1.807, 2.05) is 6.07 Å². The first-order valence-corrected chi connectivity index (χ1v) is 8.69. The summed E-state index contributed by atoms with van der Waals surface area (Å²) in [7, 11) is 1.61. The Morgan fingerprint density at radius 3 is 2.78 bits per heavy atom. The predicted molar refractivity (Wildman–Crippen MR) is 88.5 cm³/mol. The van der Waals surface area contributed by atoms with Crippen LogP contribution in [0.2, 0.25) is 0 Å². The van der Waals surface area contributed by atoms with Crippen LogP contribution < -0.4 is 4.74 Å². The number of hydrogen-bond acceptors (Lipinski definition) is 4. The number of fused-ring (bicyclic) bond motifs is 5. The van der Waals surface area contributed by atoms with Crippen molar-refractivity contribution in [2.45, 2.75) is 51.4 Å². The molecule has 1 aromatic carbocycles. The second kappa shape index (κ2) is 5.15. The third-order valence-electron chi connectivity index (χ3n) is 6.89. The molecule has 2 saturated carbocycles. The van der Waals surface area contributed by atoms with Crippen molar-refractivity contribution in [2.75, 3.05) is 7.11 Å². The van der Waals surface area contributed by atoms with Crippen molar-refractivity contribution in [1.29, 1.82) is 0 Å². The first kappa shape index (κ1) is 14.9. The minimum atomic E-state index is 0.0778. The number of ether oxygens (including phenoxy) is 1. The molecule has 0 unspecified atom stereocenters. The Labute approximate surface area is 137 Å². The lowest BCUT2D eigenvalue weighted by atomic mass is 9.55. The number of benzene rings is 1. The van der Waals surface area contributed by atoms with Gasteiger partial charge in [-0.3, -0.25) is 0 Å². The van der Waals surface area contributed by atoms with E-state index in [-0.39, 0.29) is 11.2 Å². The fraction of sp³-hybridized carbons (Fsp3) is 0.632. The van der Waals surface area contributed by atoms with Gasteiger partial charge in [-0.2, -0.15) is 0 Å². The molecule has 2 N–H and O–H groups in total. The van der Waals surface area contributed by atoms with Crippen LogP contribution in [0.1, 0.15) is 56.1 Å². The monoisotopic (exact) mass is 315 g/mol. The highest BCUT2D eigenvalue weighted by molar-refractivity contribution is 5.92. The summed E-state index contributed by atoms with van der Waals surface area (Å²) in [5.74, 6) is 2.64. The van der Waals surface area contributed by atoms with E-state index < -0.39 is 0 Å². The Kier molecular flexibility index (Phi) is 3.33. The summed E-state index contributed by atoms with van der Waals surface area (Å²) in [6.07, 6.45) is 6.47. The van der Waals surface area contributed by atoms with Crippen molar-refractivity contribution >= 4 is 5.71 Å². The fourth-order valence-electron chi connectivity index (χ4n) is 5.70. The van der Waals surface area contributed by atoms with E-state index >= 15 is 0 Å². The second-order valence-electron chi connectivity index (χ2n) is 7.68. The van der Waals surface area contributed by atoms with Crippen molar-refractivity contribution in [3.63, 3.8) is 0 Å². The first-order chi connectivity index (χ1) is 11.1. The van der Waals surface area contributed by atoms with Crippen molar-refractivity contribution < 1.29 is 15.1 Å². The highest BCUT2D eigenvalue weighted by atomic mass is 16.5. The molecule has 4 atom stereocenters. The van der Waals surface area contributed by atoms with Gasteiger partial charge in [-0.15, -0.1) is 0 Å². The number of nitrogens with zero attached hydrogens (tertiary/aromatic N) is 1. The second-order valence-corrected chi connectivity index (χ2v) is 7.68. The molecule has 3 aliphatic carbocycles. The Hall–Kier alpha value is -1.71. The van der Waals surface area contributed by atoms with Crippen LogP contribution in [0.3, 0.4) is 0 Å². The number of phenols is 1. The molecule has 4 heteroatoms. The third kappa shape index (κ3) is 2.00. The number of oxime groups is 1. The summed E-state index contributed by atoms with van der Waals surface area (Å²) < 4.78 is 5.33. The number of aryl methyl sites for hydroxylation is 1. The Balaban J connectivity index is 1.73. The van der Waals surface area contributed by atoms with Crippen LogP contribution in [0.4, 0.5) is 0 Å². The first-order valence-electron chi connectivity index (χ1n) is 8.69. The lowest BCUT2D eigenvalue weighted by Crippen LogP contribution is -2.42. The van der Waals surface area contributed by atoms with Crippen LogP contribution in [0.5, 0.6) is 11.5 Å². The number of rotatable bonds is 1. The number of methoxy groups -OCH3 is 1. The predicted octanol–water partition coefficient (Wildman–Crippen LogP) is 4.09. The van der Waals surface area contributed by atoms with Gasteiger partial charge in [-0.1, -0.05) is 12.1 Å². The maximum absolute atomic E-state index is 10.1. The van der Waals surface area contributed by atoms with Gasteiger partial charge in [0.05, 0.1) is 12.8 Å². The number of phenolic OH excluding ortho intramolecular Hbond substituents is 1. The summed E-state index contributed by atoms with van der Waals surface area (Å²) in [4.78, 5) is 0. The molecule has 0 aliphatic heterocycles. The molecule has 0 radical (unpaired) electrons. The lowest BCUT2D eigenvalue weighted by molar-refractivity contribution is 0.0936. The maximum atomic E-state index is 10.1. The van der Waals surface area contributed by atoms with Crippen LogP contribution >= 0.6 is 0 Å². The molecule has 2 fully saturated rings. The highest BCUT2D eigenvalue weighted by Crippen LogP contribution is 2.60.